The van der Waals surface area contributed by atoms with Gasteiger partial charge in [-0.2, -0.15) is 0 Å². The summed E-state index contributed by atoms with van der Waals surface area (Å²) in [5.41, 5.74) is 2.62. The molecule has 182 valence electrons. The minimum Gasteiger partial charge on any atom is -0.325 e. The van der Waals surface area contributed by atoms with Crippen LogP contribution in [0.3, 0.4) is 0 Å². The maximum atomic E-state index is 13.3. The molecule has 4 nitrogen and oxygen atoms in total. The molecule has 5 aromatic rings. The lowest BCUT2D eigenvalue weighted by molar-refractivity contribution is -0.115. The topological polar surface area (TPSA) is 58.2 Å². The molecule has 5 aromatic carbocycles. The first-order valence-electron chi connectivity index (χ1n) is 11.7. The number of hydrogen-bond donors (Lipinski definition) is 2. The molecule has 37 heavy (non-hydrogen) atoms. The van der Waals surface area contributed by atoms with Gasteiger partial charge in [0.2, 0.25) is 5.91 Å². The molecule has 0 aliphatic heterocycles. The van der Waals surface area contributed by atoms with Gasteiger partial charge in [-0.25, -0.2) is 4.39 Å². The van der Waals surface area contributed by atoms with Crippen molar-refractivity contribution in [2.45, 2.75) is 10.1 Å². The second-order valence-electron chi connectivity index (χ2n) is 8.45. The number of amides is 2. The summed E-state index contributed by atoms with van der Waals surface area (Å²) in [5.74, 6) is -0.761. The van der Waals surface area contributed by atoms with E-state index in [0.717, 1.165) is 21.2 Å². The molecule has 0 spiro atoms. The summed E-state index contributed by atoms with van der Waals surface area (Å²) in [5, 5.41) is 7.37. The Morgan fingerprint density at radius 2 is 1.27 bits per heavy atom. The van der Waals surface area contributed by atoms with Crippen LogP contribution in [0, 0.1) is 5.82 Å². The van der Waals surface area contributed by atoms with Gasteiger partial charge < -0.3 is 10.6 Å². The van der Waals surface area contributed by atoms with E-state index < -0.39 is 5.25 Å². The lowest BCUT2D eigenvalue weighted by Gasteiger charge is -2.17. The van der Waals surface area contributed by atoms with Crippen molar-refractivity contribution < 1.29 is 14.0 Å². The Balaban J connectivity index is 1.29. The van der Waals surface area contributed by atoms with Crippen molar-refractivity contribution >= 4 is 45.7 Å². The maximum absolute atomic E-state index is 13.3. The highest BCUT2D eigenvalue weighted by Crippen LogP contribution is 2.36. The molecular formula is C31H23FN2O2S. The van der Waals surface area contributed by atoms with E-state index in [1.807, 2.05) is 97.1 Å². The Bertz CT molecular complexity index is 1540. The molecule has 2 amide bonds. The Kier molecular flexibility index (Phi) is 7.28. The Morgan fingerprint density at radius 1 is 0.649 bits per heavy atom. The van der Waals surface area contributed by atoms with Crippen LogP contribution in [0.4, 0.5) is 15.8 Å². The van der Waals surface area contributed by atoms with E-state index in [0.29, 0.717) is 16.9 Å². The summed E-state index contributed by atoms with van der Waals surface area (Å²) in [4.78, 5) is 26.8. The number of anilines is 2. The van der Waals surface area contributed by atoms with Crippen LogP contribution in [0.1, 0.15) is 21.2 Å². The number of hydrogen-bond acceptors (Lipinski definition) is 3. The highest BCUT2D eigenvalue weighted by molar-refractivity contribution is 8.00. The maximum Gasteiger partial charge on any atom is 0.255 e. The molecule has 0 heterocycles. The van der Waals surface area contributed by atoms with Gasteiger partial charge in [0.15, 0.2) is 0 Å². The van der Waals surface area contributed by atoms with Crippen molar-refractivity contribution in [1.82, 2.24) is 0 Å². The number of halogens is 1. The zero-order valence-electron chi connectivity index (χ0n) is 19.7. The molecule has 1 unspecified atom stereocenters. The van der Waals surface area contributed by atoms with Crippen LogP contribution in [-0.4, -0.2) is 11.8 Å². The number of fused-ring (bicyclic) bond motifs is 1. The van der Waals surface area contributed by atoms with Crippen molar-refractivity contribution in [3.05, 3.63) is 138 Å². The minimum absolute atomic E-state index is 0.188. The molecular weight excluding hydrogens is 483 g/mol. The smallest absolute Gasteiger partial charge is 0.255 e. The van der Waals surface area contributed by atoms with Gasteiger partial charge in [-0.05, 0) is 77.0 Å². The molecule has 0 aliphatic carbocycles. The first kappa shape index (κ1) is 24.3. The third-order valence-corrected chi connectivity index (χ3v) is 7.10. The highest BCUT2D eigenvalue weighted by Gasteiger charge is 2.22. The molecule has 0 saturated carbocycles. The Morgan fingerprint density at radius 3 is 2.00 bits per heavy atom. The summed E-state index contributed by atoms with van der Waals surface area (Å²) in [7, 11) is 0. The second-order valence-corrected chi connectivity index (χ2v) is 9.62. The average molecular weight is 507 g/mol. The van der Waals surface area contributed by atoms with Crippen molar-refractivity contribution in [2.24, 2.45) is 0 Å². The van der Waals surface area contributed by atoms with Crippen LogP contribution in [0.15, 0.2) is 126 Å². The van der Waals surface area contributed by atoms with Crippen molar-refractivity contribution in [1.29, 1.82) is 0 Å². The lowest BCUT2D eigenvalue weighted by atomic mass is 10.1. The summed E-state index contributed by atoms with van der Waals surface area (Å²) < 4.78 is 13.3. The zero-order valence-corrected chi connectivity index (χ0v) is 20.5. The van der Waals surface area contributed by atoms with Gasteiger partial charge in [0.05, 0.1) is 0 Å². The number of benzene rings is 5. The SMILES string of the molecule is O=C(Nc1ccc(SC(C(=O)Nc2ccc(F)cc2)c2ccccc2)cc1)c1ccc2ccccc2c1. The standard InChI is InChI=1S/C31H23FN2O2S/c32-25-12-14-26(15-13-25)34-31(36)29(22-7-2-1-3-8-22)37-28-18-16-27(17-19-28)33-30(35)24-11-10-21-6-4-5-9-23(21)20-24/h1-20,29H,(H,33,35)(H,34,36). The van der Waals surface area contributed by atoms with Gasteiger partial charge in [0, 0.05) is 21.8 Å². The fraction of sp³-hybridized carbons (Fsp3) is 0.0323. The molecule has 0 aromatic heterocycles. The monoisotopic (exact) mass is 506 g/mol. The van der Waals surface area contributed by atoms with Gasteiger partial charge in [0.25, 0.3) is 5.91 Å². The van der Waals surface area contributed by atoms with E-state index >= 15 is 0 Å². The quantitative estimate of drug-likeness (QED) is 0.222. The predicted molar refractivity (Wildman–Crippen MR) is 148 cm³/mol. The fourth-order valence-corrected chi connectivity index (χ4v) is 4.95. The molecule has 0 fully saturated rings. The summed E-state index contributed by atoms with van der Waals surface area (Å²) in [6.07, 6.45) is 0. The molecule has 1 atom stereocenters. The van der Waals surface area contributed by atoms with Gasteiger partial charge in [-0.3, -0.25) is 9.59 Å². The van der Waals surface area contributed by atoms with Crippen LogP contribution < -0.4 is 10.6 Å². The van der Waals surface area contributed by atoms with E-state index in [1.165, 1.54) is 36.0 Å². The van der Waals surface area contributed by atoms with E-state index in [-0.39, 0.29) is 17.6 Å². The molecule has 0 radical (unpaired) electrons. The predicted octanol–water partition coefficient (Wildman–Crippen LogP) is 7.70. The van der Waals surface area contributed by atoms with Crippen molar-refractivity contribution in [3.63, 3.8) is 0 Å². The molecule has 6 heteroatoms. The van der Waals surface area contributed by atoms with Crippen molar-refractivity contribution in [2.75, 3.05) is 10.6 Å². The lowest BCUT2D eigenvalue weighted by Crippen LogP contribution is -2.19. The first-order chi connectivity index (χ1) is 18.0. The molecule has 0 aliphatic rings. The third kappa shape index (κ3) is 6.05. The van der Waals surface area contributed by atoms with Crippen LogP contribution in [-0.2, 0) is 4.79 Å². The van der Waals surface area contributed by atoms with Gasteiger partial charge in [-0.15, -0.1) is 11.8 Å². The van der Waals surface area contributed by atoms with E-state index in [4.69, 9.17) is 0 Å². The number of rotatable bonds is 7. The van der Waals surface area contributed by atoms with E-state index in [9.17, 15) is 14.0 Å². The molecule has 5 rings (SSSR count). The van der Waals surface area contributed by atoms with Gasteiger partial charge in [0.1, 0.15) is 11.1 Å². The molecule has 0 bridgehead atoms. The zero-order chi connectivity index (χ0) is 25.6. The van der Waals surface area contributed by atoms with Crippen LogP contribution >= 0.6 is 11.8 Å². The highest BCUT2D eigenvalue weighted by atomic mass is 32.2. The van der Waals surface area contributed by atoms with E-state index in [2.05, 4.69) is 10.6 Å². The summed E-state index contributed by atoms with van der Waals surface area (Å²) in [6.45, 7) is 0. The fourth-order valence-electron chi connectivity index (χ4n) is 3.93. The summed E-state index contributed by atoms with van der Waals surface area (Å²) >= 11 is 1.40. The van der Waals surface area contributed by atoms with Crippen LogP contribution in [0.25, 0.3) is 10.8 Å². The minimum atomic E-state index is -0.524. The number of thioether (sulfide) groups is 1. The Hall–Kier alpha value is -4.42. The number of nitrogens with one attached hydrogen (secondary N) is 2. The normalized spacial score (nSPS) is 11.6. The Labute approximate surface area is 218 Å². The summed E-state index contributed by atoms with van der Waals surface area (Å²) in [6, 6.07) is 36.1. The average Bonchev–Trinajstić information content (AvgIpc) is 2.94. The number of carbonyl (C=O) groups is 2. The third-order valence-electron chi connectivity index (χ3n) is 5.83. The number of carbonyl (C=O) groups excluding carboxylic acids is 2. The van der Waals surface area contributed by atoms with Crippen molar-refractivity contribution in [3.8, 4) is 0 Å². The van der Waals surface area contributed by atoms with Gasteiger partial charge >= 0.3 is 0 Å². The van der Waals surface area contributed by atoms with Crippen LogP contribution in [0.5, 0.6) is 0 Å². The van der Waals surface area contributed by atoms with Crippen LogP contribution in [0.2, 0.25) is 0 Å². The van der Waals surface area contributed by atoms with E-state index in [1.54, 1.807) is 0 Å². The van der Waals surface area contributed by atoms with Gasteiger partial charge in [-0.1, -0.05) is 60.7 Å². The first-order valence-corrected chi connectivity index (χ1v) is 12.6. The second kappa shape index (κ2) is 11.1. The molecule has 2 N–H and O–H groups in total. The molecule has 0 saturated heterocycles. The largest absolute Gasteiger partial charge is 0.325 e.